The zero-order chi connectivity index (χ0) is 22.1. The van der Waals surface area contributed by atoms with E-state index in [0.717, 1.165) is 43.2 Å². The Labute approximate surface area is 206 Å². The molecule has 1 saturated heterocycles. The molecule has 0 saturated carbocycles. The second kappa shape index (κ2) is 13.7. The number of ether oxygens (including phenoxy) is 2. The summed E-state index contributed by atoms with van der Waals surface area (Å²) in [5.41, 5.74) is 2.86. The van der Waals surface area contributed by atoms with E-state index < -0.39 is 11.6 Å². The Balaban J connectivity index is 0.00000363. The zero-order valence-corrected chi connectivity index (χ0v) is 20.9. The second-order valence-electron chi connectivity index (χ2n) is 7.67. The van der Waals surface area contributed by atoms with Gasteiger partial charge in [-0.3, -0.25) is 0 Å². The van der Waals surface area contributed by atoms with E-state index in [1.807, 2.05) is 13.8 Å². The normalized spacial score (nSPS) is 15.7. The van der Waals surface area contributed by atoms with Crippen LogP contribution in [-0.4, -0.2) is 31.8 Å². The number of guanidine groups is 1. The van der Waals surface area contributed by atoms with E-state index in [0.29, 0.717) is 31.2 Å². The Morgan fingerprint density at radius 3 is 2.44 bits per heavy atom. The van der Waals surface area contributed by atoms with Gasteiger partial charge in [-0.2, -0.15) is 0 Å². The van der Waals surface area contributed by atoms with Gasteiger partial charge in [0.15, 0.2) is 17.6 Å². The fourth-order valence-corrected chi connectivity index (χ4v) is 3.36. The first-order chi connectivity index (χ1) is 15.0. The molecule has 32 heavy (non-hydrogen) atoms. The van der Waals surface area contributed by atoms with Crippen molar-refractivity contribution < 1.29 is 18.3 Å². The number of hydrogen-bond acceptors (Lipinski definition) is 3. The van der Waals surface area contributed by atoms with Crippen LogP contribution < -0.4 is 10.6 Å². The third kappa shape index (κ3) is 8.29. The number of halogens is 3. The van der Waals surface area contributed by atoms with Gasteiger partial charge >= 0.3 is 0 Å². The molecule has 2 aromatic carbocycles. The Morgan fingerprint density at radius 2 is 1.78 bits per heavy atom. The van der Waals surface area contributed by atoms with Gasteiger partial charge in [0.25, 0.3) is 0 Å². The summed E-state index contributed by atoms with van der Waals surface area (Å²) in [6.45, 7) is 7.21. The predicted octanol–water partition coefficient (Wildman–Crippen LogP) is 5.09. The average Bonchev–Trinajstić information content (AvgIpc) is 2.79. The van der Waals surface area contributed by atoms with Crippen LogP contribution in [-0.2, 0) is 22.6 Å². The molecule has 0 aromatic heterocycles. The number of rotatable bonds is 8. The maximum Gasteiger partial charge on any atom is 0.192 e. The van der Waals surface area contributed by atoms with Gasteiger partial charge in [0.2, 0.25) is 0 Å². The van der Waals surface area contributed by atoms with E-state index >= 15 is 0 Å². The summed E-state index contributed by atoms with van der Waals surface area (Å²) in [5, 5.41) is 6.43. The highest BCUT2D eigenvalue weighted by molar-refractivity contribution is 14.0. The predicted molar refractivity (Wildman–Crippen MR) is 133 cm³/mol. The molecule has 5 nitrogen and oxygen atoms in total. The van der Waals surface area contributed by atoms with Crippen LogP contribution in [0.15, 0.2) is 47.5 Å². The van der Waals surface area contributed by atoms with Crippen molar-refractivity contribution in [2.24, 2.45) is 4.99 Å². The first-order valence-electron chi connectivity index (χ1n) is 10.8. The molecule has 0 bridgehead atoms. The van der Waals surface area contributed by atoms with Crippen molar-refractivity contribution in [2.45, 2.75) is 52.0 Å². The highest BCUT2D eigenvalue weighted by atomic mass is 127. The maximum absolute atomic E-state index is 13.5. The number of hydrogen-bond donors (Lipinski definition) is 2. The quantitative estimate of drug-likeness (QED) is 0.269. The Bertz CT molecular complexity index is 859. The fraction of sp³-hybridized carbons (Fsp3) is 0.458. The molecule has 176 valence electrons. The summed E-state index contributed by atoms with van der Waals surface area (Å²) >= 11 is 0. The standard InChI is InChI=1S/C24H31F2N3O2.HI/c1-3-27-24(29-17(2)20-8-9-22(25)23(26)14-20)28-15-18-4-6-19(7-5-18)16-31-21-10-12-30-13-11-21;/h4-9,14,17,21H,3,10-13,15-16H2,1-2H3,(H2,27,28,29);1H. The average molecular weight is 559 g/mol. The van der Waals surface area contributed by atoms with Crippen LogP contribution in [0, 0.1) is 11.6 Å². The summed E-state index contributed by atoms with van der Waals surface area (Å²) in [5.74, 6) is -1.08. The molecule has 0 spiro atoms. The molecule has 8 heteroatoms. The summed E-state index contributed by atoms with van der Waals surface area (Å²) in [4.78, 5) is 4.62. The molecular formula is C24H32F2IN3O2. The maximum atomic E-state index is 13.5. The molecule has 0 radical (unpaired) electrons. The third-order valence-electron chi connectivity index (χ3n) is 5.24. The largest absolute Gasteiger partial charge is 0.381 e. The van der Waals surface area contributed by atoms with Crippen molar-refractivity contribution in [3.05, 3.63) is 70.8 Å². The minimum Gasteiger partial charge on any atom is -0.381 e. The van der Waals surface area contributed by atoms with E-state index in [9.17, 15) is 8.78 Å². The molecule has 2 aromatic rings. The van der Waals surface area contributed by atoms with Crippen molar-refractivity contribution in [3.8, 4) is 0 Å². The SMILES string of the molecule is CCNC(=NCc1ccc(COC2CCOCC2)cc1)NC(C)c1ccc(F)c(F)c1.I. The Kier molecular flexibility index (Phi) is 11.3. The van der Waals surface area contributed by atoms with E-state index in [1.165, 1.54) is 6.07 Å². The van der Waals surface area contributed by atoms with Crippen LogP contribution in [0.4, 0.5) is 8.78 Å². The van der Waals surface area contributed by atoms with Gasteiger partial charge in [0.05, 0.1) is 25.3 Å². The lowest BCUT2D eigenvalue weighted by Gasteiger charge is -2.22. The smallest absolute Gasteiger partial charge is 0.192 e. The fourth-order valence-electron chi connectivity index (χ4n) is 3.36. The molecule has 0 amide bonds. The van der Waals surface area contributed by atoms with Crippen molar-refractivity contribution >= 4 is 29.9 Å². The summed E-state index contributed by atoms with van der Waals surface area (Å²) < 4.78 is 38.0. The minimum atomic E-state index is -0.853. The monoisotopic (exact) mass is 559 g/mol. The van der Waals surface area contributed by atoms with Gasteiger partial charge in [-0.05, 0) is 55.5 Å². The number of aliphatic imine (C=N–C) groups is 1. The van der Waals surface area contributed by atoms with Gasteiger partial charge in [-0.15, -0.1) is 24.0 Å². The molecule has 1 aliphatic heterocycles. The molecule has 2 N–H and O–H groups in total. The van der Waals surface area contributed by atoms with Crippen LogP contribution in [0.3, 0.4) is 0 Å². The van der Waals surface area contributed by atoms with Gasteiger partial charge in [0.1, 0.15) is 0 Å². The van der Waals surface area contributed by atoms with Gasteiger partial charge in [-0.25, -0.2) is 13.8 Å². The minimum absolute atomic E-state index is 0. The topological polar surface area (TPSA) is 54.9 Å². The van der Waals surface area contributed by atoms with Crippen molar-refractivity contribution in [1.29, 1.82) is 0 Å². The lowest BCUT2D eigenvalue weighted by molar-refractivity contribution is -0.0390. The van der Waals surface area contributed by atoms with Gasteiger partial charge < -0.3 is 20.1 Å². The first-order valence-corrected chi connectivity index (χ1v) is 10.8. The van der Waals surface area contributed by atoms with Crippen LogP contribution in [0.1, 0.15) is 49.4 Å². The highest BCUT2D eigenvalue weighted by Crippen LogP contribution is 2.16. The van der Waals surface area contributed by atoms with Crippen molar-refractivity contribution in [3.63, 3.8) is 0 Å². The molecule has 1 fully saturated rings. The molecule has 1 atom stereocenters. The number of benzene rings is 2. The summed E-state index contributed by atoms with van der Waals surface area (Å²) in [6, 6.07) is 11.9. The molecule has 1 heterocycles. The molecular weight excluding hydrogens is 527 g/mol. The van der Waals surface area contributed by atoms with E-state index in [1.54, 1.807) is 6.07 Å². The van der Waals surface area contributed by atoms with E-state index in [4.69, 9.17) is 9.47 Å². The van der Waals surface area contributed by atoms with Crippen LogP contribution in [0.2, 0.25) is 0 Å². The number of nitrogens with zero attached hydrogens (tertiary/aromatic N) is 1. The van der Waals surface area contributed by atoms with E-state index in [-0.39, 0.29) is 36.1 Å². The first kappa shape index (κ1) is 26.5. The van der Waals surface area contributed by atoms with Crippen molar-refractivity contribution in [1.82, 2.24) is 10.6 Å². The molecule has 3 rings (SSSR count). The summed E-state index contributed by atoms with van der Waals surface area (Å²) in [7, 11) is 0. The van der Waals surface area contributed by atoms with Crippen molar-refractivity contribution in [2.75, 3.05) is 19.8 Å². The lowest BCUT2D eigenvalue weighted by Crippen LogP contribution is -2.38. The molecule has 0 aliphatic carbocycles. The van der Waals surface area contributed by atoms with Crippen LogP contribution in [0.5, 0.6) is 0 Å². The highest BCUT2D eigenvalue weighted by Gasteiger charge is 2.14. The third-order valence-corrected chi connectivity index (χ3v) is 5.24. The zero-order valence-electron chi connectivity index (χ0n) is 18.6. The summed E-state index contributed by atoms with van der Waals surface area (Å²) in [6.07, 6.45) is 2.19. The lowest BCUT2D eigenvalue weighted by atomic mass is 10.1. The molecule has 1 unspecified atom stereocenters. The van der Waals surface area contributed by atoms with E-state index in [2.05, 4.69) is 39.9 Å². The van der Waals surface area contributed by atoms with Gasteiger partial charge in [-0.1, -0.05) is 30.3 Å². The van der Waals surface area contributed by atoms with Gasteiger partial charge in [0, 0.05) is 19.8 Å². The second-order valence-corrected chi connectivity index (χ2v) is 7.67. The molecule has 1 aliphatic rings. The number of nitrogens with one attached hydrogen (secondary N) is 2. The van der Waals surface area contributed by atoms with Crippen LogP contribution in [0.25, 0.3) is 0 Å². The van der Waals surface area contributed by atoms with Crippen LogP contribution >= 0.6 is 24.0 Å². The Morgan fingerprint density at radius 1 is 1.09 bits per heavy atom. The Hall–Kier alpha value is -1.78.